The van der Waals surface area contributed by atoms with E-state index in [1.54, 1.807) is 54.6 Å². The predicted octanol–water partition coefficient (Wildman–Crippen LogP) is 6.80. The van der Waals surface area contributed by atoms with Crippen molar-refractivity contribution in [3.05, 3.63) is 196 Å². The standard InChI is InChI=1S/C28H30N4O2.C27H30N6O2/c29-27(30)22-11-6-12-24(15-22)34-25-16-26(32(19-25)17-20-7-2-1-3-8-20)28(33)31-14-13-21-9-4-5-10-23(21)18-31;1-17-5-7-18(8-6-17)15-33-16-23(35-22-4-2-3-20(13-22)26(30)31)14-24(33)27(34)32-21-11-9-19(10-12-21)25(28)29/h1-12,15,25-26H,13-14,16-19H2,(H3,29,30);2-13,23-24H,14-16H2,1H3,(H3,28,29)(H3,30,31)(H,32,34)/t25-,26+;23-,24+/m11/s1. The zero-order valence-corrected chi connectivity index (χ0v) is 38.8. The summed E-state index contributed by atoms with van der Waals surface area (Å²) < 4.78 is 12.5. The molecule has 0 radical (unpaired) electrons. The van der Waals surface area contributed by atoms with E-state index in [0.29, 0.717) is 79.4 Å². The second-order valence-corrected chi connectivity index (χ2v) is 18.0. The lowest BCUT2D eigenvalue weighted by Crippen LogP contribution is -2.47. The van der Waals surface area contributed by atoms with Crippen LogP contribution in [0, 0.1) is 23.2 Å². The van der Waals surface area contributed by atoms with Gasteiger partial charge >= 0.3 is 0 Å². The van der Waals surface area contributed by atoms with Gasteiger partial charge in [-0.1, -0.05) is 109 Å². The summed E-state index contributed by atoms with van der Waals surface area (Å²) in [6, 6.07) is 47.7. The van der Waals surface area contributed by atoms with E-state index in [-0.39, 0.29) is 53.6 Å². The summed E-state index contributed by atoms with van der Waals surface area (Å²) >= 11 is 0. The molecule has 14 heteroatoms. The highest BCUT2D eigenvalue weighted by atomic mass is 16.5. The zero-order chi connectivity index (χ0) is 48.4. The van der Waals surface area contributed by atoms with Crippen LogP contribution in [0.5, 0.6) is 11.5 Å². The maximum absolute atomic E-state index is 13.7. The average molecular weight is 925 g/mol. The van der Waals surface area contributed by atoms with Crippen LogP contribution < -0.4 is 32.0 Å². The highest BCUT2D eigenvalue weighted by molar-refractivity contribution is 5.98. The molecule has 0 aliphatic carbocycles. The number of amidine groups is 3. The molecule has 9 rings (SSSR count). The molecular weight excluding hydrogens is 865 g/mol. The molecule has 0 spiro atoms. The van der Waals surface area contributed by atoms with Gasteiger partial charge in [0, 0.05) is 74.5 Å². The average Bonchev–Trinajstić information content (AvgIpc) is 3.95. The number of nitrogens with two attached hydrogens (primary N) is 3. The third-order valence-electron chi connectivity index (χ3n) is 12.9. The van der Waals surface area contributed by atoms with Gasteiger partial charge in [0.05, 0.1) is 12.1 Å². The fraction of sp³-hybridized carbons (Fsp3) is 0.255. The minimum absolute atomic E-state index is 0.0148. The van der Waals surface area contributed by atoms with Crippen molar-refractivity contribution in [2.75, 3.05) is 25.0 Å². The number of rotatable bonds is 14. The van der Waals surface area contributed by atoms with E-state index >= 15 is 0 Å². The van der Waals surface area contributed by atoms with Crippen molar-refractivity contribution < 1.29 is 19.1 Å². The molecule has 3 aliphatic heterocycles. The van der Waals surface area contributed by atoms with E-state index in [9.17, 15) is 9.59 Å². The molecular formula is C55H60N10O4. The smallest absolute Gasteiger partial charge is 0.241 e. The maximum atomic E-state index is 13.7. The molecule has 4 atom stereocenters. The van der Waals surface area contributed by atoms with Crippen LogP contribution in [0.2, 0.25) is 0 Å². The molecule has 6 aromatic carbocycles. The number of likely N-dealkylation sites (tertiary alicyclic amines) is 2. The Labute approximate surface area is 403 Å². The molecule has 2 saturated heterocycles. The van der Waals surface area contributed by atoms with E-state index in [2.05, 4.69) is 69.7 Å². The minimum atomic E-state index is -0.384. The van der Waals surface area contributed by atoms with Crippen LogP contribution in [0.3, 0.4) is 0 Å². The first kappa shape index (κ1) is 47.7. The second-order valence-electron chi connectivity index (χ2n) is 18.0. The summed E-state index contributed by atoms with van der Waals surface area (Å²) in [6.07, 6.45) is 1.74. The fourth-order valence-electron chi connectivity index (χ4n) is 9.23. The van der Waals surface area contributed by atoms with Crippen LogP contribution >= 0.6 is 0 Å². The molecule has 0 saturated carbocycles. The summed E-state index contributed by atoms with van der Waals surface area (Å²) in [5, 5.41) is 25.9. The highest BCUT2D eigenvalue weighted by Gasteiger charge is 2.41. The normalized spacial score (nSPS) is 18.8. The lowest BCUT2D eigenvalue weighted by atomic mass is 9.99. The number of hydrogen-bond acceptors (Lipinski definition) is 9. The predicted molar refractivity (Wildman–Crippen MR) is 271 cm³/mol. The first-order valence-corrected chi connectivity index (χ1v) is 23.3. The molecule has 2 fully saturated rings. The molecule has 2 amide bonds. The fourth-order valence-corrected chi connectivity index (χ4v) is 9.23. The van der Waals surface area contributed by atoms with E-state index < -0.39 is 0 Å². The largest absolute Gasteiger partial charge is 0.489 e. The van der Waals surface area contributed by atoms with Gasteiger partial charge in [-0.3, -0.25) is 35.6 Å². The SMILES string of the molecule is Cc1ccc(CN2C[C@H](Oc3cccc(C(=N)N)c3)C[C@H]2C(=O)Nc2ccc(C(=N)N)cc2)cc1.N=C(N)c1cccc(O[C@@H]2C[C@@H](C(=O)N3CCc4ccccc4C3)N(Cc3ccccc3)C2)c1. The van der Waals surface area contributed by atoms with Crippen LogP contribution in [0.15, 0.2) is 152 Å². The van der Waals surface area contributed by atoms with E-state index in [4.69, 9.17) is 42.9 Å². The third-order valence-corrected chi connectivity index (χ3v) is 12.9. The van der Waals surface area contributed by atoms with Gasteiger partial charge < -0.3 is 36.9 Å². The number of carbonyl (C=O) groups is 2. The van der Waals surface area contributed by atoms with Crippen LogP contribution in [0.1, 0.15) is 57.3 Å². The van der Waals surface area contributed by atoms with Gasteiger partial charge in [0.15, 0.2) is 0 Å². The van der Waals surface area contributed by atoms with Crippen molar-refractivity contribution in [1.82, 2.24) is 14.7 Å². The summed E-state index contributed by atoms with van der Waals surface area (Å²) in [5.41, 5.74) is 25.3. The highest BCUT2D eigenvalue weighted by Crippen LogP contribution is 2.30. The van der Waals surface area contributed by atoms with Gasteiger partial charge in [-0.25, -0.2) is 0 Å². The van der Waals surface area contributed by atoms with Crippen LogP contribution in [0.25, 0.3) is 0 Å². The number of anilines is 1. The number of nitrogens with zero attached hydrogens (tertiary/aromatic N) is 3. The summed E-state index contributed by atoms with van der Waals surface area (Å²) in [6.45, 7) is 6.03. The monoisotopic (exact) mass is 924 g/mol. The molecule has 3 aliphatic rings. The topological polar surface area (TPSA) is 224 Å². The Morgan fingerprint density at radius 3 is 1.70 bits per heavy atom. The Balaban J connectivity index is 0.000000186. The first-order chi connectivity index (χ1) is 33.3. The number of aryl methyl sites for hydroxylation is 1. The van der Waals surface area contributed by atoms with Crippen molar-refractivity contribution in [2.45, 2.75) is 70.1 Å². The maximum Gasteiger partial charge on any atom is 0.241 e. The number of nitrogen functional groups attached to an aromatic ring is 3. The van der Waals surface area contributed by atoms with Crippen molar-refractivity contribution in [1.29, 1.82) is 16.2 Å². The Hall–Kier alpha value is -7.81. The van der Waals surface area contributed by atoms with Gasteiger partial charge in [0.25, 0.3) is 0 Å². The van der Waals surface area contributed by atoms with Gasteiger partial charge in [-0.05, 0) is 84.1 Å². The number of benzene rings is 6. The molecule has 69 heavy (non-hydrogen) atoms. The zero-order valence-electron chi connectivity index (χ0n) is 38.8. The number of hydrogen-bond donors (Lipinski definition) is 7. The summed E-state index contributed by atoms with van der Waals surface area (Å²) in [4.78, 5) is 33.4. The first-order valence-electron chi connectivity index (χ1n) is 23.3. The molecule has 0 aromatic heterocycles. The summed E-state index contributed by atoms with van der Waals surface area (Å²) in [7, 11) is 0. The van der Waals surface area contributed by atoms with Crippen LogP contribution in [-0.2, 0) is 35.6 Å². The number of nitrogens with one attached hydrogen (secondary N) is 4. The molecule has 10 N–H and O–H groups in total. The van der Waals surface area contributed by atoms with E-state index in [1.807, 2.05) is 54.3 Å². The lowest BCUT2D eigenvalue weighted by Gasteiger charge is -2.33. The molecule has 0 bridgehead atoms. The Bertz CT molecular complexity index is 2780. The number of fused-ring (bicyclic) bond motifs is 1. The van der Waals surface area contributed by atoms with Gasteiger partial charge in [0.2, 0.25) is 11.8 Å². The Morgan fingerprint density at radius 2 is 1.12 bits per heavy atom. The van der Waals surface area contributed by atoms with Gasteiger partial charge in [-0.2, -0.15) is 0 Å². The van der Waals surface area contributed by atoms with E-state index in [1.165, 1.54) is 22.3 Å². The Morgan fingerprint density at radius 1 is 0.594 bits per heavy atom. The quantitative estimate of drug-likeness (QED) is 0.0450. The third kappa shape index (κ3) is 12.4. The van der Waals surface area contributed by atoms with E-state index in [0.717, 1.165) is 18.5 Å². The molecule has 354 valence electrons. The van der Waals surface area contributed by atoms with Crippen LogP contribution in [0.4, 0.5) is 5.69 Å². The number of ether oxygens (including phenoxy) is 2. The second kappa shape index (κ2) is 21.9. The van der Waals surface area contributed by atoms with Gasteiger partial charge in [-0.15, -0.1) is 0 Å². The van der Waals surface area contributed by atoms with Crippen molar-refractivity contribution in [3.63, 3.8) is 0 Å². The Kier molecular flexibility index (Phi) is 15.1. The summed E-state index contributed by atoms with van der Waals surface area (Å²) in [5.74, 6) is 1.34. The molecule has 0 unspecified atom stereocenters. The molecule has 14 nitrogen and oxygen atoms in total. The number of carbonyl (C=O) groups excluding carboxylic acids is 2. The van der Waals surface area contributed by atoms with Crippen molar-refractivity contribution >= 4 is 35.0 Å². The van der Waals surface area contributed by atoms with Crippen molar-refractivity contribution in [3.8, 4) is 11.5 Å². The van der Waals surface area contributed by atoms with Crippen molar-refractivity contribution in [2.24, 2.45) is 17.2 Å². The van der Waals surface area contributed by atoms with Gasteiger partial charge in [0.1, 0.15) is 41.2 Å². The lowest BCUT2D eigenvalue weighted by molar-refractivity contribution is -0.137. The molecule has 6 aromatic rings. The van der Waals surface area contributed by atoms with Crippen LogP contribution in [-0.4, -0.2) is 87.9 Å². The minimum Gasteiger partial charge on any atom is -0.489 e. The number of amides is 2. The molecule has 3 heterocycles.